The number of nitrogens with zero attached hydrogens (tertiary/aromatic N) is 4. The van der Waals surface area contributed by atoms with E-state index in [1.54, 1.807) is 0 Å². The largest absolute Gasteiger partial charge is 0.369 e. The zero-order valence-corrected chi connectivity index (χ0v) is 12.1. The van der Waals surface area contributed by atoms with E-state index in [2.05, 4.69) is 41.4 Å². The van der Waals surface area contributed by atoms with E-state index in [1.165, 1.54) is 11.1 Å². The van der Waals surface area contributed by atoms with Crippen molar-refractivity contribution in [1.82, 2.24) is 0 Å². The first-order chi connectivity index (χ1) is 10.4. The van der Waals surface area contributed by atoms with Gasteiger partial charge in [0.25, 0.3) is 5.09 Å². The molecular weight excluding hydrogens is 288 g/mol. The van der Waals surface area contributed by atoms with Crippen molar-refractivity contribution in [2.75, 3.05) is 0 Å². The summed E-state index contributed by atoms with van der Waals surface area (Å²) >= 11 is 0. The van der Waals surface area contributed by atoms with Crippen molar-refractivity contribution in [3.8, 4) is 6.07 Å². The summed E-state index contributed by atoms with van der Waals surface area (Å²) in [5, 5.41) is 29.7. The fraction of sp³-hybridized carbons (Fsp3) is 0.308. The minimum Gasteiger partial charge on any atom is -0.369 e. The van der Waals surface area contributed by atoms with Crippen LogP contribution in [0.3, 0.4) is 0 Å². The zero-order valence-electron chi connectivity index (χ0n) is 12.1. The highest BCUT2D eigenvalue weighted by atomic mass is 16.9. The Labute approximate surface area is 127 Å². The lowest BCUT2D eigenvalue weighted by Gasteiger charge is -2.01. The maximum Gasteiger partial charge on any atom is 0.291 e. The molecule has 0 aromatic heterocycles. The SMILES string of the molecule is CCc1ccc(CC/C(C#N)=N/N=C(N)N)cc1.O=[N+]([O-])O. The molecule has 9 nitrogen and oxygen atoms in total. The number of benzene rings is 1. The lowest BCUT2D eigenvalue weighted by atomic mass is 10.0. The summed E-state index contributed by atoms with van der Waals surface area (Å²) in [7, 11) is 0. The molecule has 0 saturated carbocycles. The number of hydrogen-bond acceptors (Lipinski definition) is 5. The summed E-state index contributed by atoms with van der Waals surface area (Å²) in [5.41, 5.74) is 13.1. The average molecular weight is 306 g/mol. The average Bonchev–Trinajstić information content (AvgIpc) is 2.47. The number of nitrogens with two attached hydrogens (primary N) is 2. The third kappa shape index (κ3) is 9.74. The molecule has 0 fully saturated rings. The Morgan fingerprint density at radius 2 is 1.82 bits per heavy atom. The molecule has 0 bridgehead atoms. The van der Waals surface area contributed by atoms with Gasteiger partial charge in [0.1, 0.15) is 11.8 Å². The molecule has 1 rings (SSSR count). The Hall–Kier alpha value is -3.15. The maximum absolute atomic E-state index is 8.87. The van der Waals surface area contributed by atoms with Gasteiger partial charge in [-0.25, -0.2) is 0 Å². The van der Waals surface area contributed by atoms with Crippen LogP contribution in [0.15, 0.2) is 34.5 Å². The normalized spacial score (nSPS) is 9.91. The predicted molar refractivity (Wildman–Crippen MR) is 81.8 cm³/mol. The standard InChI is InChI=1S/C13H17N5.HNO3/c1-2-10-3-5-11(6-4-10)7-8-12(9-14)17-18-13(15)16;2-1(3)4/h3-6H,2,7-8H2,1H3,(H4,15,16,18);(H,2,3,4)/b17-12-;. The maximum atomic E-state index is 8.87. The number of nitriles is 1. The molecule has 9 heteroatoms. The highest BCUT2D eigenvalue weighted by Gasteiger charge is 2.00. The number of aryl methyl sites for hydroxylation is 2. The summed E-state index contributed by atoms with van der Waals surface area (Å²) in [4.78, 5) is 8.36. The number of guanidine groups is 1. The predicted octanol–water partition coefficient (Wildman–Crippen LogP) is 0.987. The Balaban J connectivity index is 0.000000980. The molecule has 0 unspecified atom stereocenters. The second-order valence-electron chi connectivity index (χ2n) is 4.09. The first kappa shape index (κ1) is 18.9. The first-order valence-corrected chi connectivity index (χ1v) is 6.35. The lowest BCUT2D eigenvalue weighted by Crippen LogP contribution is -2.22. The van der Waals surface area contributed by atoms with Gasteiger partial charge in [0.2, 0.25) is 5.96 Å². The third-order valence-corrected chi connectivity index (χ3v) is 2.50. The van der Waals surface area contributed by atoms with Crippen molar-refractivity contribution >= 4 is 11.7 Å². The van der Waals surface area contributed by atoms with Crippen LogP contribution >= 0.6 is 0 Å². The van der Waals surface area contributed by atoms with Gasteiger partial charge in [0.15, 0.2) is 0 Å². The van der Waals surface area contributed by atoms with Crippen molar-refractivity contribution in [3.63, 3.8) is 0 Å². The van der Waals surface area contributed by atoms with Crippen molar-refractivity contribution in [2.24, 2.45) is 21.7 Å². The Kier molecular flexibility index (Phi) is 9.10. The molecule has 0 spiro atoms. The van der Waals surface area contributed by atoms with Gasteiger partial charge in [-0.3, -0.25) is 0 Å². The summed E-state index contributed by atoms with van der Waals surface area (Å²) in [6, 6.07) is 10.3. The van der Waals surface area contributed by atoms with Gasteiger partial charge in [0.05, 0.1) is 0 Å². The van der Waals surface area contributed by atoms with Crippen molar-refractivity contribution in [1.29, 1.82) is 5.26 Å². The Morgan fingerprint density at radius 3 is 2.23 bits per heavy atom. The van der Waals surface area contributed by atoms with Gasteiger partial charge < -0.3 is 16.7 Å². The Morgan fingerprint density at radius 1 is 1.32 bits per heavy atom. The summed E-state index contributed by atoms with van der Waals surface area (Å²) < 4.78 is 0. The molecule has 118 valence electrons. The minimum absolute atomic E-state index is 0.143. The molecule has 0 amide bonds. The van der Waals surface area contributed by atoms with Gasteiger partial charge in [-0.1, -0.05) is 31.2 Å². The molecule has 0 atom stereocenters. The van der Waals surface area contributed by atoms with Gasteiger partial charge in [0, 0.05) is 6.42 Å². The molecule has 0 aliphatic rings. The van der Waals surface area contributed by atoms with Crippen LogP contribution < -0.4 is 11.5 Å². The van der Waals surface area contributed by atoms with E-state index in [-0.39, 0.29) is 5.96 Å². The molecule has 0 aliphatic carbocycles. The number of hydrogen-bond donors (Lipinski definition) is 3. The van der Waals surface area contributed by atoms with E-state index in [0.717, 1.165) is 12.8 Å². The molecular formula is C13H18N6O3. The van der Waals surface area contributed by atoms with Crippen LogP contribution in [0.4, 0.5) is 0 Å². The van der Waals surface area contributed by atoms with Crippen LogP contribution in [-0.2, 0) is 12.8 Å². The van der Waals surface area contributed by atoms with Crippen LogP contribution in [0.1, 0.15) is 24.5 Å². The van der Waals surface area contributed by atoms with Crippen LogP contribution in [-0.4, -0.2) is 22.0 Å². The highest BCUT2D eigenvalue weighted by Crippen LogP contribution is 2.07. The molecule has 1 aromatic rings. The van der Waals surface area contributed by atoms with Crippen molar-refractivity contribution in [2.45, 2.75) is 26.2 Å². The minimum atomic E-state index is -1.50. The summed E-state index contributed by atoms with van der Waals surface area (Å²) in [5.74, 6) is -0.143. The van der Waals surface area contributed by atoms with Crippen LogP contribution in [0.2, 0.25) is 0 Å². The molecule has 0 heterocycles. The molecule has 22 heavy (non-hydrogen) atoms. The monoisotopic (exact) mass is 306 g/mol. The van der Waals surface area contributed by atoms with Crippen molar-refractivity contribution in [3.05, 3.63) is 45.5 Å². The van der Waals surface area contributed by atoms with Gasteiger partial charge in [-0.15, -0.1) is 20.3 Å². The second-order valence-corrected chi connectivity index (χ2v) is 4.09. The van der Waals surface area contributed by atoms with E-state index >= 15 is 0 Å². The third-order valence-electron chi connectivity index (χ3n) is 2.50. The molecule has 5 N–H and O–H groups in total. The van der Waals surface area contributed by atoms with Crippen LogP contribution in [0.25, 0.3) is 0 Å². The topological polar surface area (TPSA) is 164 Å². The summed E-state index contributed by atoms with van der Waals surface area (Å²) in [6.45, 7) is 2.12. The molecule has 0 radical (unpaired) electrons. The zero-order chi connectivity index (χ0) is 17.0. The van der Waals surface area contributed by atoms with E-state index in [4.69, 9.17) is 32.1 Å². The van der Waals surface area contributed by atoms with E-state index < -0.39 is 5.09 Å². The van der Waals surface area contributed by atoms with Gasteiger partial charge >= 0.3 is 0 Å². The highest BCUT2D eigenvalue weighted by molar-refractivity contribution is 5.98. The molecule has 1 aromatic carbocycles. The van der Waals surface area contributed by atoms with Crippen LogP contribution in [0.5, 0.6) is 0 Å². The van der Waals surface area contributed by atoms with Crippen LogP contribution in [0, 0.1) is 21.4 Å². The van der Waals surface area contributed by atoms with E-state index in [0.29, 0.717) is 12.1 Å². The fourth-order valence-corrected chi connectivity index (χ4v) is 1.45. The van der Waals surface area contributed by atoms with Gasteiger partial charge in [-0.05, 0) is 24.0 Å². The smallest absolute Gasteiger partial charge is 0.291 e. The quantitative estimate of drug-likeness (QED) is 0.317. The summed E-state index contributed by atoms with van der Waals surface area (Å²) in [6.07, 6.45) is 2.30. The number of rotatable bonds is 5. The fourth-order valence-electron chi connectivity index (χ4n) is 1.45. The lowest BCUT2D eigenvalue weighted by molar-refractivity contribution is -0.742. The molecule has 0 saturated heterocycles. The molecule has 0 aliphatic heterocycles. The van der Waals surface area contributed by atoms with Gasteiger partial charge in [-0.2, -0.15) is 5.26 Å². The Bertz CT molecular complexity index is 566. The van der Waals surface area contributed by atoms with E-state index in [9.17, 15) is 0 Å². The first-order valence-electron chi connectivity index (χ1n) is 6.35. The second kappa shape index (κ2) is 10.6. The van der Waals surface area contributed by atoms with Crippen molar-refractivity contribution < 1.29 is 10.3 Å². The van der Waals surface area contributed by atoms with E-state index in [1.807, 2.05) is 6.07 Å².